The van der Waals surface area contributed by atoms with Crippen molar-refractivity contribution in [1.82, 2.24) is 5.32 Å². The van der Waals surface area contributed by atoms with Gasteiger partial charge in [-0.1, -0.05) is 32.4 Å². The molecule has 130 valence electrons. The minimum atomic E-state index is -0.409. The van der Waals surface area contributed by atoms with Crippen molar-refractivity contribution in [3.05, 3.63) is 22.7 Å². The normalized spacial score (nSPS) is 11.2. The van der Waals surface area contributed by atoms with Gasteiger partial charge in [-0.25, -0.2) is 0 Å². The van der Waals surface area contributed by atoms with Crippen LogP contribution in [0.15, 0.2) is 12.1 Å². The van der Waals surface area contributed by atoms with Crippen molar-refractivity contribution in [1.29, 1.82) is 0 Å². The Morgan fingerprint density at radius 3 is 2.43 bits per heavy atom. The van der Waals surface area contributed by atoms with Crippen molar-refractivity contribution in [2.45, 2.75) is 45.6 Å². The molecule has 0 aliphatic heterocycles. The van der Waals surface area contributed by atoms with E-state index in [2.05, 4.69) is 5.32 Å². The molecule has 0 aromatic heterocycles. The lowest BCUT2D eigenvalue weighted by Gasteiger charge is -2.31. The summed E-state index contributed by atoms with van der Waals surface area (Å²) in [4.78, 5) is 12.6. The van der Waals surface area contributed by atoms with Gasteiger partial charge in [0.05, 0.1) is 24.3 Å². The monoisotopic (exact) mass is 342 g/mol. The number of hydrogen-bond donors (Lipinski definition) is 2. The molecule has 0 unspecified atom stereocenters. The first kappa shape index (κ1) is 19.6. The van der Waals surface area contributed by atoms with Crippen molar-refractivity contribution in [2.75, 3.05) is 20.3 Å². The van der Waals surface area contributed by atoms with Gasteiger partial charge in [0.15, 0.2) is 11.5 Å². The number of benzene rings is 1. The number of methoxy groups -OCH3 is 1. The molecule has 0 aliphatic rings. The van der Waals surface area contributed by atoms with Gasteiger partial charge in [-0.05, 0) is 31.4 Å². The Kier molecular flexibility index (Phi) is 7.65. The van der Waals surface area contributed by atoms with Crippen LogP contribution in [0, 0.1) is 0 Å². The number of halogens is 1. The molecule has 1 aromatic rings. The number of carbonyl (C=O) groups excluding carboxylic acids is 1. The molecule has 0 atom stereocenters. The van der Waals surface area contributed by atoms with Crippen LogP contribution in [-0.2, 0) is 0 Å². The van der Waals surface area contributed by atoms with Gasteiger partial charge < -0.3 is 20.5 Å². The van der Waals surface area contributed by atoms with Crippen molar-refractivity contribution >= 4 is 17.5 Å². The fourth-order valence-electron chi connectivity index (χ4n) is 2.27. The second-order valence-electron chi connectivity index (χ2n) is 5.48. The molecule has 3 N–H and O–H groups in total. The highest BCUT2D eigenvalue weighted by molar-refractivity contribution is 6.32. The van der Waals surface area contributed by atoms with Crippen molar-refractivity contribution in [3.63, 3.8) is 0 Å². The molecule has 0 saturated carbocycles. The number of nitrogens with two attached hydrogens (primary N) is 1. The van der Waals surface area contributed by atoms with Gasteiger partial charge in [-0.2, -0.15) is 0 Å². The lowest BCUT2D eigenvalue weighted by atomic mass is 9.92. The highest BCUT2D eigenvalue weighted by atomic mass is 35.5. The van der Waals surface area contributed by atoms with Crippen molar-refractivity contribution in [2.24, 2.45) is 5.73 Å². The highest BCUT2D eigenvalue weighted by Crippen LogP contribution is 2.36. The summed E-state index contributed by atoms with van der Waals surface area (Å²) in [6, 6.07) is 3.23. The molecule has 0 spiro atoms. The third-order valence-corrected chi connectivity index (χ3v) is 4.35. The van der Waals surface area contributed by atoms with Gasteiger partial charge >= 0.3 is 0 Å². The van der Waals surface area contributed by atoms with Crippen molar-refractivity contribution < 1.29 is 14.3 Å². The zero-order valence-corrected chi connectivity index (χ0v) is 15.1. The average Bonchev–Trinajstić information content (AvgIpc) is 2.57. The molecule has 1 amide bonds. The Labute approximate surface area is 143 Å². The largest absolute Gasteiger partial charge is 0.493 e. The van der Waals surface area contributed by atoms with E-state index in [0.717, 1.165) is 19.3 Å². The average molecular weight is 343 g/mol. The van der Waals surface area contributed by atoms with E-state index in [4.69, 9.17) is 26.8 Å². The lowest BCUT2D eigenvalue weighted by molar-refractivity contribution is 0.0895. The van der Waals surface area contributed by atoms with Gasteiger partial charge in [-0.3, -0.25) is 4.79 Å². The Hall–Kier alpha value is -1.46. The zero-order valence-electron chi connectivity index (χ0n) is 14.4. The molecule has 0 bridgehead atoms. The number of nitrogens with one attached hydrogen (secondary N) is 1. The van der Waals surface area contributed by atoms with E-state index >= 15 is 0 Å². The number of ether oxygens (including phenoxy) is 2. The number of rotatable bonds is 9. The summed E-state index contributed by atoms with van der Waals surface area (Å²) in [5, 5.41) is 3.37. The quantitative estimate of drug-likeness (QED) is 0.721. The first-order valence-corrected chi connectivity index (χ1v) is 8.37. The van der Waals surface area contributed by atoms with E-state index in [1.165, 1.54) is 7.11 Å². The molecule has 1 aromatic carbocycles. The second-order valence-corrected chi connectivity index (χ2v) is 5.89. The molecule has 1 rings (SSSR count). The summed E-state index contributed by atoms with van der Waals surface area (Å²) in [7, 11) is 1.52. The third kappa shape index (κ3) is 4.75. The van der Waals surface area contributed by atoms with Gasteiger partial charge in [0, 0.05) is 12.1 Å². The zero-order chi connectivity index (χ0) is 17.5. The van der Waals surface area contributed by atoms with Gasteiger partial charge in [-0.15, -0.1) is 0 Å². The minimum Gasteiger partial charge on any atom is -0.493 e. The van der Waals surface area contributed by atoms with Crippen LogP contribution in [-0.4, -0.2) is 31.7 Å². The summed E-state index contributed by atoms with van der Waals surface area (Å²) < 4.78 is 10.9. The number of hydrogen-bond acceptors (Lipinski definition) is 4. The standard InChI is InChI=1S/C17H27ClN2O3/c1-5-8-23-15-13(18)9-12(10-14(15)22-4)16(21)20-17(6-2,7-3)11-19/h9-10H,5-8,11,19H2,1-4H3,(H,20,21). The van der Waals surface area contributed by atoms with Crippen LogP contribution in [0.4, 0.5) is 0 Å². The van der Waals surface area contributed by atoms with Gasteiger partial charge in [0.25, 0.3) is 5.91 Å². The van der Waals surface area contributed by atoms with E-state index in [-0.39, 0.29) is 5.91 Å². The predicted molar refractivity (Wildman–Crippen MR) is 93.6 cm³/mol. The molecule has 5 nitrogen and oxygen atoms in total. The van der Waals surface area contributed by atoms with Crippen LogP contribution in [0.2, 0.25) is 5.02 Å². The lowest BCUT2D eigenvalue weighted by Crippen LogP contribution is -2.52. The third-order valence-electron chi connectivity index (χ3n) is 4.07. The summed E-state index contributed by atoms with van der Waals surface area (Å²) >= 11 is 6.26. The van der Waals surface area contributed by atoms with Crippen LogP contribution < -0.4 is 20.5 Å². The molecular formula is C17H27ClN2O3. The Bertz CT molecular complexity index is 523. The summed E-state index contributed by atoms with van der Waals surface area (Å²) in [6.07, 6.45) is 2.37. The molecule has 0 heterocycles. The Morgan fingerprint density at radius 2 is 1.96 bits per heavy atom. The Morgan fingerprint density at radius 1 is 1.30 bits per heavy atom. The maximum Gasteiger partial charge on any atom is 0.251 e. The molecular weight excluding hydrogens is 316 g/mol. The number of amides is 1. The fourth-order valence-corrected chi connectivity index (χ4v) is 2.54. The van der Waals surface area contributed by atoms with E-state index in [0.29, 0.717) is 35.2 Å². The highest BCUT2D eigenvalue weighted by Gasteiger charge is 2.27. The second kappa shape index (κ2) is 8.99. The molecule has 0 radical (unpaired) electrons. The van der Waals surface area contributed by atoms with Crippen LogP contribution in [0.25, 0.3) is 0 Å². The molecule has 6 heteroatoms. The maximum absolute atomic E-state index is 12.6. The molecule has 0 saturated heterocycles. The fraction of sp³-hybridized carbons (Fsp3) is 0.588. The smallest absolute Gasteiger partial charge is 0.251 e. The van der Waals surface area contributed by atoms with Crippen LogP contribution in [0.1, 0.15) is 50.4 Å². The SMILES string of the molecule is CCCOc1c(Cl)cc(C(=O)NC(CC)(CC)CN)cc1OC. The van der Waals surface area contributed by atoms with Gasteiger partial charge in [0.1, 0.15) is 0 Å². The van der Waals surface area contributed by atoms with Crippen LogP contribution in [0.3, 0.4) is 0 Å². The van der Waals surface area contributed by atoms with E-state index < -0.39 is 5.54 Å². The molecule has 23 heavy (non-hydrogen) atoms. The van der Waals surface area contributed by atoms with Gasteiger partial charge in [0.2, 0.25) is 0 Å². The summed E-state index contributed by atoms with van der Waals surface area (Å²) in [5.41, 5.74) is 5.85. The van der Waals surface area contributed by atoms with Crippen molar-refractivity contribution in [3.8, 4) is 11.5 Å². The van der Waals surface area contributed by atoms with E-state index in [9.17, 15) is 4.79 Å². The summed E-state index contributed by atoms with van der Waals surface area (Å²) in [5.74, 6) is 0.687. The minimum absolute atomic E-state index is 0.221. The molecule has 0 fully saturated rings. The van der Waals surface area contributed by atoms with Crippen LogP contribution >= 0.6 is 11.6 Å². The van der Waals surface area contributed by atoms with E-state index in [1.54, 1.807) is 12.1 Å². The van der Waals surface area contributed by atoms with Crippen LogP contribution in [0.5, 0.6) is 11.5 Å². The molecule has 0 aliphatic carbocycles. The number of carbonyl (C=O) groups is 1. The predicted octanol–water partition coefficient (Wildman–Crippen LogP) is 3.38. The topological polar surface area (TPSA) is 73.6 Å². The maximum atomic E-state index is 12.6. The summed E-state index contributed by atoms with van der Waals surface area (Å²) in [6.45, 7) is 6.93. The van der Waals surface area contributed by atoms with E-state index in [1.807, 2.05) is 20.8 Å². The first-order valence-electron chi connectivity index (χ1n) is 7.99. The Balaban J connectivity index is 3.09. The first-order chi connectivity index (χ1) is 11.0.